The highest BCUT2D eigenvalue weighted by molar-refractivity contribution is 5.89. The van der Waals surface area contributed by atoms with E-state index < -0.39 is 0 Å². The number of pyridine rings is 1. The van der Waals surface area contributed by atoms with Gasteiger partial charge in [0.2, 0.25) is 0 Å². The third-order valence-corrected chi connectivity index (χ3v) is 3.39. The van der Waals surface area contributed by atoms with Gasteiger partial charge in [0, 0.05) is 25.8 Å². The Hall–Kier alpha value is -1.95. The average molecular weight is 261 g/mol. The molecule has 1 unspecified atom stereocenters. The van der Waals surface area contributed by atoms with Crippen molar-refractivity contribution in [3.63, 3.8) is 0 Å². The van der Waals surface area contributed by atoms with E-state index in [-0.39, 0.29) is 5.97 Å². The molecule has 0 N–H and O–H groups in total. The molecule has 3 heterocycles. The predicted molar refractivity (Wildman–Crippen MR) is 67.0 cm³/mol. The number of hydrogen-bond donors (Lipinski definition) is 0. The molecule has 6 nitrogen and oxygen atoms in total. The SMILES string of the molecule is COC(=O)c1ccc2nnc(CC3CCOC3)n2c1. The molecule has 100 valence electrons. The van der Waals surface area contributed by atoms with E-state index in [1.165, 1.54) is 7.11 Å². The zero-order chi connectivity index (χ0) is 13.2. The smallest absolute Gasteiger partial charge is 0.339 e. The number of fused-ring (bicyclic) bond motifs is 1. The molecule has 1 fully saturated rings. The first-order valence-corrected chi connectivity index (χ1v) is 6.27. The summed E-state index contributed by atoms with van der Waals surface area (Å²) in [5.74, 6) is 0.983. The van der Waals surface area contributed by atoms with E-state index in [1.807, 2.05) is 4.40 Å². The van der Waals surface area contributed by atoms with Crippen molar-refractivity contribution < 1.29 is 14.3 Å². The van der Waals surface area contributed by atoms with Crippen LogP contribution in [0.4, 0.5) is 0 Å². The lowest BCUT2D eigenvalue weighted by molar-refractivity contribution is 0.0600. The van der Waals surface area contributed by atoms with Crippen LogP contribution in [0.2, 0.25) is 0 Å². The van der Waals surface area contributed by atoms with Crippen LogP contribution in [0.25, 0.3) is 5.65 Å². The van der Waals surface area contributed by atoms with Crippen molar-refractivity contribution in [1.82, 2.24) is 14.6 Å². The number of aromatic nitrogens is 3. The van der Waals surface area contributed by atoms with Crippen LogP contribution in [0, 0.1) is 5.92 Å². The molecule has 0 aliphatic carbocycles. The maximum Gasteiger partial charge on any atom is 0.339 e. The molecule has 0 amide bonds. The van der Waals surface area contributed by atoms with Crippen molar-refractivity contribution in [3.8, 4) is 0 Å². The number of methoxy groups -OCH3 is 1. The molecule has 0 radical (unpaired) electrons. The van der Waals surface area contributed by atoms with Crippen LogP contribution in [0.3, 0.4) is 0 Å². The van der Waals surface area contributed by atoms with E-state index in [9.17, 15) is 4.79 Å². The van der Waals surface area contributed by atoms with Crippen molar-refractivity contribution >= 4 is 11.6 Å². The van der Waals surface area contributed by atoms with Gasteiger partial charge in [-0.3, -0.25) is 4.40 Å². The van der Waals surface area contributed by atoms with Crippen molar-refractivity contribution in [1.29, 1.82) is 0 Å². The van der Waals surface area contributed by atoms with Crippen molar-refractivity contribution in [2.45, 2.75) is 12.8 Å². The number of nitrogens with zero attached hydrogens (tertiary/aromatic N) is 3. The van der Waals surface area contributed by atoms with Crippen LogP contribution in [-0.4, -0.2) is 40.9 Å². The molecule has 0 saturated carbocycles. The fourth-order valence-corrected chi connectivity index (χ4v) is 2.32. The molecule has 2 aromatic rings. The Labute approximate surface area is 110 Å². The molecular formula is C13H15N3O3. The summed E-state index contributed by atoms with van der Waals surface area (Å²) >= 11 is 0. The molecule has 0 bridgehead atoms. The van der Waals surface area contributed by atoms with Crippen molar-refractivity contribution in [2.24, 2.45) is 5.92 Å². The predicted octanol–water partition coefficient (Wildman–Crippen LogP) is 1.09. The summed E-state index contributed by atoms with van der Waals surface area (Å²) < 4.78 is 11.9. The highest BCUT2D eigenvalue weighted by Gasteiger charge is 2.19. The van der Waals surface area contributed by atoms with E-state index in [1.54, 1.807) is 18.3 Å². The van der Waals surface area contributed by atoms with Gasteiger partial charge >= 0.3 is 5.97 Å². The van der Waals surface area contributed by atoms with Crippen LogP contribution >= 0.6 is 0 Å². The molecule has 0 spiro atoms. The Bertz CT molecular complexity index is 602. The summed E-state index contributed by atoms with van der Waals surface area (Å²) in [5, 5.41) is 8.30. The Morgan fingerprint density at radius 2 is 2.42 bits per heavy atom. The summed E-state index contributed by atoms with van der Waals surface area (Å²) in [6, 6.07) is 3.46. The van der Waals surface area contributed by atoms with E-state index in [0.717, 1.165) is 37.5 Å². The van der Waals surface area contributed by atoms with Gasteiger partial charge in [-0.1, -0.05) is 0 Å². The zero-order valence-electron chi connectivity index (χ0n) is 10.7. The lowest BCUT2D eigenvalue weighted by atomic mass is 10.1. The van der Waals surface area contributed by atoms with Gasteiger partial charge in [-0.25, -0.2) is 4.79 Å². The van der Waals surface area contributed by atoms with Gasteiger partial charge in [0.15, 0.2) is 5.65 Å². The highest BCUT2D eigenvalue weighted by Crippen LogP contribution is 2.18. The monoisotopic (exact) mass is 261 g/mol. The highest BCUT2D eigenvalue weighted by atomic mass is 16.5. The van der Waals surface area contributed by atoms with Crippen LogP contribution in [0.1, 0.15) is 22.6 Å². The Kier molecular flexibility index (Phi) is 3.16. The molecule has 1 aliphatic heterocycles. The lowest BCUT2D eigenvalue weighted by Crippen LogP contribution is -2.08. The minimum Gasteiger partial charge on any atom is -0.465 e. The molecule has 1 atom stereocenters. The summed E-state index contributed by atoms with van der Waals surface area (Å²) in [6.45, 7) is 1.58. The minimum atomic E-state index is -0.356. The molecule has 1 saturated heterocycles. The molecule has 2 aromatic heterocycles. The van der Waals surface area contributed by atoms with E-state index in [0.29, 0.717) is 11.5 Å². The van der Waals surface area contributed by atoms with E-state index in [2.05, 4.69) is 10.2 Å². The number of carbonyl (C=O) groups excluding carboxylic acids is 1. The average Bonchev–Trinajstić information content (AvgIpc) is 3.08. The Morgan fingerprint density at radius 1 is 1.53 bits per heavy atom. The topological polar surface area (TPSA) is 65.7 Å². The molecule has 3 rings (SSSR count). The number of hydrogen-bond acceptors (Lipinski definition) is 5. The van der Waals surface area contributed by atoms with Gasteiger partial charge in [-0.15, -0.1) is 10.2 Å². The Morgan fingerprint density at radius 3 is 3.16 bits per heavy atom. The van der Waals surface area contributed by atoms with E-state index in [4.69, 9.17) is 9.47 Å². The van der Waals surface area contributed by atoms with E-state index >= 15 is 0 Å². The van der Waals surface area contributed by atoms with Crippen LogP contribution in [-0.2, 0) is 15.9 Å². The molecule has 6 heteroatoms. The van der Waals surface area contributed by atoms with Gasteiger partial charge in [0.25, 0.3) is 0 Å². The van der Waals surface area contributed by atoms with Gasteiger partial charge in [-0.05, 0) is 24.5 Å². The minimum absolute atomic E-state index is 0.356. The quantitative estimate of drug-likeness (QED) is 0.774. The molecule has 19 heavy (non-hydrogen) atoms. The summed E-state index contributed by atoms with van der Waals surface area (Å²) in [5.41, 5.74) is 1.24. The van der Waals surface area contributed by atoms with Crippen LogP contribution in [0.5, 0.6) is 0 Å². The second-order valence-corrected chi connectivity index (χ2v) is 4.69. The van der Waals surface area contributed by atoms with Gasteiger partial charge in [0.1, 0.15) is 5.82 Å². The normalized spacial score (nSPS) is 18.9. The maximum atomic E-state index is 11.5. The second-order valence-electron chi connectivity index (χ2n) is 4.69. The first kappa shape index (κ1) is 12.1. The number of ether oxygens (including phenoxy) is 2. The second kappa shape index (κ2) is 4.97. The zero-order valence-corrected chi connectivity index (χ0v) is 10.7. The van der Waals surface area contributed by atoms with Crippen molar-refractivity contribution in [2.75, 3.05) is 20.3 Å². The fourth-order valence-electron chi connectivity index (χ4n) is 2.32. The summed E-state index contributed by atoms with van der Waals surface area (Å²) in [7, 11) is 1.37. The fraction of sp³-hybridized carbons (Fsp3) is 0.462. The number of rotatable bonds is 3. The number of esters is 1. The molecule has 1 aliphatic rings. The standard InChI is InChI=1S/C13H15N3O3/c1-18-13(17)10-2-3-11-14-15-12(16(11)7-10)6-9-4-5-19-8-9/h2-3,7,9H,4-6,8H2,1H3. The van der Waals surface area contributed by atoms with Gasteiger partial charge in [-0.2, -0.15) is 0 Å². The lowest BCUT2D eigenvalue weighted by Gasteiger charge is -2.06. The molecule has 0 aromatic carbocycles. The summed E-state index contributed by atoms with van der Waals surface area (Å²) in [4.78, 5) is 11.5. The maximum absolute atomic E-state index is 11.5. The van der Waals surface area contributed by atoms with Crippen LogP contribution < -0.4 is 0 Å². The largest absolute Gasteiger partial charge is 0.465 e. The first-order valence-electron chi connectivity index (χ1n) is 6.27. The molecular weight excluding hydrogens is 246 g/mol. The first-order chi connectivity index (χ1) is 9.28. The Balaban J connectivity index is 1.93. The van der Waals surface area contributed by atoms with Gasteiger partial charge < -0.3 is 9.47 Å². The third kappa shape index (κ3) is 2.31. The number of carbonyl (C=O) groups is 1. The third-order valence-electron chi connectivity index (χ3n) is 3.39. The van der Waals surface area contributed by atoms with Crippen molar-refractivity contribution in [3.05, 3.63) is 29.7 Å². The van der Waals surface area contributed by atoms with Gasteiger partial charge in [0.05, 0.1) is 12.7 Å². The summed E-state index contributed by atoms with van der Waals surface area (Å²) in [6.07, 6.45) is 3.59. The van der Waals surface area contributed by atoms with Crippen LogP contribution in [0.15, 0.2) is 18.3 Å².